The molecule has 0 radical (unpaired) electrons. The van der Waals surface area contributed by atoms with Gasteiger partial charge in [0, 0.05) is 18.8 Å². The molecule has 6 nitrogen and oxygen atoms in total. The van der Waals surface area contributed by atoms with Crippen molar-refractivity contribution in [3.05, 3.63) is 42.5 Å². The minimum absolute atomic E-state index is 0.214. The molecule has 1 aliphatic rings. The lowest BCUT2D eigenvalue weighted by atomic mass is 10.1. The predicted molar refractivity (Wildman–Crippen MR) is 90.7 cm³/mol. The zero-order valence-electron chi connectivity index (χ0n) is 13.8. The summed E-state index contributed by atoms with van der Waals surface area (Å²) in [5, 5.41) is 6.67. The third kappa shape index (κ3) is 3.34. The highest BCUT2D eigenvalue weighted by molar-refractivity contribution is 5.61. The number of aromatic nitrogens is 4. The van der Waals surface area contributed by atoms with E-state index in [1.807, 2.05) is 0 Å². The van der Waals surface area contributed by atoms with Crippen LogP contribution in [0.4, 0.5) is 19.0 Å². The van der Waals surface area contributed by atoms with Crippen LogP contribution in [0, 0.1) is 0 Å². The second-order valence-corrected chi connectivity index (χ2v) is 6.26. The molecule has 3 aromatic rings. The highest BCUT2D eigenvalue weighted by Gasteiger charge is 2.31. The van der Waals surface area contributed by atoms with E-state index >= 15 is 0 Å². The molecular formula is C17H17F3N6. The second-order valence-electron chi connectivity index (χ2n) is 6.26. The van der Waals surface area contributed by atoms with Crippen LogP contribution in [0.25, 0.3) is 17.0 Å². The average Bonchev–Trinajstić information content (AvgIpc) is 3.05. The summed E-state index contributed by atoms with van der Waals surface area (Å²) >= 11 is 0. The standard InChI is InChI=1S/C17H17F3N6/c18-17(19,20)11-3-5-26-14(9-23-16(26)6-11)13-8-22-10-15(25-13)24-12-2-1-4-21-7-12/h3,5-6,8-10,12,21H,1-2,4,7H2,(H,24,25)/t12-/m1/s1. The minimum atomic E-state index is -4.40. The van der Waals surface area contributed by atoms with E-state index in [0.29, 0.717) is 17.2 Å². The Bertz CT molecular complexity index is 914. The largest absolute Gasteiger partial charge is 0.416 e. The SMILES string of the molecule is FC(F)(F)c1ccn2c(-c3cncc(N[C@@H]4CCCNC4)n3)cnc2c1. The molecule has 0 aliphatic carbocycles. The van der Waals surface area contributed by atoms with E-state index in [4.69, 9.17) is 0 Å². The highest BCUT2D eigenvalue weighted by Crippen LogP contribution is 2.30. The van der Waals surface area contributed by atoms with Crippen molar-refractivity contribution in [1.29, 1.82) is 0 Å². The van der Waals surface area contributed by atoms with Gasteiger partial charge in [0.2, 0.25) is 0 Å². The van der Waals surface area contributed by atoms with Crippen LogP contribution in [0.1, 0.15) is 18.4 Å². The van der Waals surface area contributed by atoms with E-state index in [2.05, 4.69) is 25.6 Å². The van der Waals surface area contributed by atoms with Crippen molar-refractivity contribution in [2.75, 3.05) is 18.4 Å². The Balaban J connectivity index is 1.64. The van der Waals surface area contributed by atoms with Crippen LogP contribution in [0.5, 0.6) is 0 Å². The summed E-state index contributed by atoms with van der Waals surface area (Å²) in [5.41, 5.74) is 0.623. The molecule has 0 amide bonds. The number of halogens is 3. The Hall–Kier alpha value is -2.68. The zero-order chi connectivity index (χ0) is 18.1. The van der Waals surface area contributed by atoms with Crippen LogP contribution in [0.15, 0.2) is 36.9 Å². The van der Waals surface area contributed by atoms with Crippen LogP contribution in [0.3, 0.4) is 0 Å². The second kappa shape index (κ2) is 6.56. The lowest BCUT2D eigenvalue weighted by molar-refractivity contribution is -0.137. The van der Waals surface area contributed by atoms with Crippen LogP contribution >= 0.6 is 0 Å². The number of pyridine rings is 1. The molecule has 1 fully saturated rings. The van der Waals surface area contributed by atoms with Crippen LogP contribution < -0.4 is 10.6 Å². The van der Waals surface area contributed by atoms with Gasteiger partial charge in [-0.25, -0.2) is 9.97 Å². The van der Waals surface area contributed by atoms with Crippen LogP contribution in [-0.4, -0.2) is 38.5 Å². The number of hydrogen-bond acceptors (Lipinski definition) is 5. The number of fused-ring (bicyclic) bond motifs is 1. The Morgan fingerprint density at radius 3 is 2.88 bits per heavy atom. The number of hydrogen-bond donors (Lipinski definition) is 2. The summed E-state index contributed by atoms with van der Waals surface area (Å²) in [5.74, 6) is 0.637. The van der Waals surface area contributed by atoms with Gasteiger partial charge in [0.15, 0.2) is 0 Å². The Morgan fingerprint density at radius 2 is 2.12 bits per heavy atom. The van der Waals surface area contributed by atoms with Crippen molar-refractivity contribution in [2.24, 2.45) is 0 Å². The van der Waals surface area contributed by atoms with Gasteiger partial charge in [-0.2, -0.15) is 13.2 Å². The highest BCUT2D eigenvalue weighted by atomic mass is 19.4. The number of piperidine rings is 1. The normalized spacial score (nSPS) is 18.2. The molecule has 0 unspecified atom stereocenters. The lowest BCUT2D eigenvalue weighted by Crippen LogP contribution is -2.38. The van der Waals surface area contributed by atoms with Gasteiger partial charge in [-0.15, -0.1) is 0 Å². The molecule has 0 spiro atoms. The molecule has 9 heteroatoms. The van der Waals surface area contributed by atoms with Gasteiger partial charge >= 0.3 is 6.18 Å². The van der Waals surface area contributed by atoms with Crippen molar-refractivity contribution in [1.82, 2.24) is 24.7 Å². The summed E-state index contributed by atoms with van der Waals surface area (Å²) in [7, 11) is 0. The van der Waals surface area contributed by atoms with Crippen molar-refractivity contribution < 1.29 is 13.2 Å². The molecule has 0 aromatic carbocycles. The number of nitrogens with one attached hydrogen (secondary N) is 2. The summed E-state index contributed by atoms with van der Waals surface area (Å²) in [6.07, 6.45) is 3.83. The number of imidazole rings is 1. The van der Waals surface area contributed by atoms with E-state index in [1.165, 1.54) is 12.4 Å². The maximum Gasteiger partial charge on any atom is 0.416 e. The molecule has 26 heavy (non-hydrogen) atoms. The van der Waals surface area contributed by atoms with Crippen molar-refractivity contribution in [2.45, 2.75) is 25.1 Å². The summed E-state index contributed by atoms with van der Waals surface area (Å²) < 4.78 is 40.1. The summed E-state index contributed by atoms with van der Waals surface area (Å²) in [6.45, 7) is 1.88. The van der Waals surface area contributed by atoms with E-state index in [9.17, 15) is 13.2 Å². The third-order valence-electron chi connectivity index (χ3n) is 4.39. The topological polar surface area (TPSA) is 67.1 Å². The first kappa shape index (κ1) is 16.8. The maximum absolute atomic E-state index is 12.8. The third-order valence-corrected chi connectivity index (χ3v) is 4.39. The van der Waals surface area contributed by atoms with E-state index < -0.39 is 11.7 Å². The molecule has 1 aliphatic heterocycles. The van der Waals surface area contributed by atoms with Crippen LogP contribution in [-0.2, 0) is 6.18 Å². The summed E-state index contributed by atoms with van der Waals surface area (Å²) in [6, 6.07) is 2.33. The Labute approximate surface area is 147 Å². The van der Waals surface area contributed by atoms with Gasteiger partial charge in [-0.3, -0.25) is 9.38 Å². The van der Waals surface area contributed by atoms with Gasteiger partial charge in [0.1, 0.15) is 17.2 Å². The maximum atomic E-state index is 12.8. The van der Waals surface area contributed by atoms with Crippen molar-refractivity contribution in [3.8, 4) is 11.4 Å². The molecule has 0 bridgehead atoms. The fourth-order valence-electron chi connectivity index (χ4n) is 3.09. The fraction of sp³-hybridized carbons (Fsp3) is 0.353. The Kier molecular flexibility index (Phi) is 4.23. The molecule has 4 rings (SSSR count). The van der Waals surface area contributed by atoms with Crippen molar-refractivity contribution >= 4 is 11.5 Å². The van der Waals surface area contributed by atoms with E-state index in [-0.39, 0.29) is 11.7 Å². The molecule has 1 saturated heterocycles. The molecule has 2 N–H and O–H groups in total. The number of anilines is 1. The number of alkyl halides is 3. The van der Waals surface area contributed by atoms with Crippen LogP contribution in [0.2, 0.25) is 0 Å². The van der Waals surface area contributed by atoms with Gasteiger partial charge in [-0.1, -0.05) is 0 Å². The molecule has 0 saturated carbocycles. The minimum Gasteiger partial charge on any atom is -0.365 e. The molecule has 4 heterocycles. The van der Waals surface area contributed by atoms with Crippen molar-refractivity contribution in [3.63, 3.8) is 0 Å². The zero-order valence-corrected chi connectivity index (χ0v) is 13.8. The first-order chi connectivity index (χ1) is 12.5. The van der Waals surface area contributed by atoms with Gasteiger partial charge in [-0.05, 0) is 31.5 Å². The monoisotopic (exact) mass is 362 g/mol. The lowest BCUT2D eigenvalue weighted by Gasteiger charge is -2.24. The molecule has 136 valence electrons. The summed E-state index contributed by atoms with van der Waals surface area (Å²) in [4.78, 5) is 12.8. The van der Waals surface area contributed by atoms with Gasteiger partial charge < -0.3 is 10.6 Å². The van der Waals surface area contributed by atoms with E-state index in [1.54, 1.807) is 16.8 Å². The average molecular weight is 362 g/mol. The molecule has 3 aromatic heterocycles. The van der Waals surface area contributed by atoms with E-state index in [0.717, 1.165) is 38.1 Å². The Morgan fingerprint density at radius 1 is 1.23 bits per heavy atom. The molecular weight excluding hydrogens is 345 g/mol. The predicted octanol–water partition coefficient (Wildman–Crippen LogP) is 2.97. The van der Waals surface area contributed by atoms with Gasteiger partial charge in [0.25, 0.3) is 0 Å². The number of nitrogens with zero attached hydrogens (tertiary/aromatic N) is 4. The fourth-order valence-corrected chi connectivity index (χ4v) is 3.09. The quantitative estimate of drug-likeness (QED) is 0.750. The first-order valence-electron chi connectivity index (χ1n) is 8.35. The smallest absolute Gasteiger partial charge is 0.365 e. The van der Waals surface area contributed by atoms with Gasteiger partial charge in [0.05, 0.1) is 29.8 Å². The first-order valence-corrected chi connectivity index (χ1v) is 8.35. The molecule has 1 atom stereocenters. The number of rotatable bonds is 3.